The van der Waals surface area contributed by atoms with Gasteiger partial charge in [-0.3, -0.25) is 9.59 Å². The fraction of sp³-hybridized carbons (Fsp3) is 0.435. The number of benzene rings is 1. The maximum Gasteiger partial charge on any atom is 0.308 e. The second-order valence-corrected chi connectivity index (χ2v) is 8.61. The average Bonchev–Trinajstić information content (AvgIpc) is 2.76. The van der Waals surface area contributed by atoms with Gasteiger partial charge in [0.05, 0.1) is 18.1 Å². The largest absolute Gasteiger partial charge is 0.469 e. The number of rotatable bonds is 10. The van der Waals surface area contributed by atoms with Crippen LogP contribution in [0.4, 0.5) is 0 Å². The van der Waals surface area contributed by atoms with Crippen molar-refractivity contribution in [1.29, 1.82) is 0 Å². The van der Waals surface area contributed by atoms with E-state index in [1.807, 2.05) is 31.2 Å². The van der Waals surface area contributed by atoms with Crippen LogP contribution < -0.4 is 15.4 Å². The molecule has 1 saturated carbocycles. The topological polar surface area (TPSA) is 89.5 Å². The van der Waals surface area contributed by atoms with Crippen molar-refractivity contribution in [3.8, 4) is 5.88 Å². The monoisotopic (exact) mass is 479 g/mol. The van der Waals surface area contributed by atoms with Crippen LogP contribution in [0.2, 0.25) is 10.0 Å². The van der Waals surface area contributed by atoms with E-state index < -0.39 is 6.10 Å². The van der Waals surface area contributed by atoms with Crippen LogP contribution in [0.3, 0.4) is 0 Å². The van der Waals surface area contributed by atoms with E-state index in [0.717, 1.165) is 24.0 Å². The summed E-state index contributed by atoms with van der Waals surface area (Å²) in [7, 11) is 1.42. The van der Waals surface area contributed by atoms with Crippen LogP contribution in [0.5, 0.6) is 5.88 Å². The third-order valence-electron chi connectivity index (χ3n) is 5.42. The van der Waals surface area contributed by atoms with Crippen molar-refractivity contribution in [3.05, 3.63) is 57.7 Å². The number of aromatic nitrogens is 1. The van der Waals surface area contributed by atoms with Crippen molar-refractivity contribution in [2.45, 2.75) is 51.4 Å². The molecule has 2 N–H and O–H groups in total. The fourth-order valence-corrected chi connectivity index (χ4v) is 3.93. The zero-order chi connectivity index (χ0) is 23.1. The Morgan fingerprint density at radius 3 is 2.56 bits per heavy atom. The molecule has 1 aliphatic carbocycles. The predicted molar refractivity (Wildman–Crippen MR) is 123 cm³/mol. The summed E-state index contributed by atoms with van der Waals surface area (Å²) in [6, 6.07) is 9.83. The first-order chi connectivity index (χ1) is 15.4. The minimum absolute atomic E-state index is 0.00531. The van der Waals surface area contributed by atoms with E-state index in [1.54, 1.807) is 0 Å². The molecule has 7 nitrogen and oxygen atoms in total. The molecule has 1 aromatic carbocycles. The van der Waals surface area contributed by atoms with Gasteiger partial charge in [0.25, 0.3) is 5.91 Å². The summed E-state index contributed by atoms with van der Waals surface area (Å²) in [5.74, 6) is -0.196. The van der Waals surface area contributed by atoms with Gasteiger partial charge in [0.15, 0.2) is 6.10 Å². The zero-order valence-corrected chi connectivity index (χ0v) is 19.6. The molecular formula is C23H27Cl2N3O4. The first-order valence-corrected chi connectivity index (χ1v) is 11.3. The highest BCUT2D eigenvalue weighted by atomic mass is 35.5. The second kappa shape index (κ2) is 11.5. The Morgan fingerprint density at radius 2 is 1.91 bits per heavy atom. The lowest BCUT2D eigenvalue weighted by Crippen LogP contribution is -2.44. The van der Waals surface area contributed by atoms with E-state index in [0.29, 0.717) is 30.6 Å². The fourth-order valence-electron chi connectivity index (χ4n) is 3.50. The molecule has 9 heteroatoms. The molecule has 0 aliphatic heterocycles. The number of nitrogens with one attached hydrogen (secondary N) is 2. The molecule has 3 rings (SSSR count). The predicted octanol–water partition coefficient (Wildman–Crippen LogP) is 3.90. The number of methoxy groups -OCH3 is 1. The summed E-state index contributed by atoms with van der Waals surface area (Å²) in [4.78, 5) is 28.1. The van der Waals surface area contributed by atoms with Crippen LogP contribution in [0.15, 0.2) is 36.5 Å². The quantitative estimate of drug-likeness (QED) is 0.502. The number of esters is 1. The first kappa shape index (κ1) is 24.3. The number of halogens is 2. The molecular weight excluding hydrogens is 453 g/mol. The molecule has 0 spiro atoms. The summed E-state index contributed by atoms with van der Waals surface area (Å²) in [5, 5.41) is 7.02. The first-order valence-electron chi connectivity index (χ1n) is 10.5. The van der Waals surface area contributed by atoms with Crippen LogP contribution >= 0.6 is 23.2 Å². The SMILES string of the molecule is CCC(Oc1ncc(Cl)cc1Cl)C(=O)NCc1cccc(CNC2CC(C(=O)OC)C2)c1. The van der Waals surface area contributed by atoms with E-state index >= 15 is 0 Å². The molecule has 1 aliphatic rings. The number of ether oxygens (including phenoxy) is 2. The molecule has 2 aromatic rings. The molecule has 1 aromatic heterocycles. The van der Waals surface area contributed by atoms with Gasteiger partial charge in [0, 0.05) is 25.3 Å². The van der Waals surface area contributed by atoms with Crippen LogP contribution in [0.1, 0.15) is 37.3 Å². The molecule has 1 fully saturated rings. The smallest absolute Gasteiger partial charge is 0.308 e. The number of pyridine rings is 1. The lowest BCUT2D eigenvalue weighted by Gasteiger charge is -2.34. The van der Waals surface area contributed by atoms with E-state index in [2.05, 4.69) is 15.6 Å². The van der Waals surface area contributed by atoms with Crippen molar-refractivity contribution < 1.29 is 19.1 Å². The molecule has 0 radical (unpaired) electrons. The third kappa shape index (κ3) is 6.58. The Bertz CT molecular complexity index is 951. The van der Waals surface area contributed by atoms with Crippen molar-refractivity contribution in [3.63, 3.8) is 0 Å². The Kier molecular flexibility index (Phi) is 8.73. The second-order valence-electron chi connectivity index (χ2n) is 7.76. The number of amides is 1. The van der Waals surface area contributed by atoms with Gasteiger partial charge in [-0.2, -0.15) is 0 Å². The van der Waals surface area contributed by atoms with Gasteiger partial charge in [-0.05, 0) is 36.5 Å². The van der Waals surface area contributed by atoms with E-state index in [1.165, 1.54) is 19.4 Å². The van der Waals surface area contributed by atoms with Gasteiger partial charge >= 0.3 is 5.97 Å². The minimum Gasteiger partial charge on any atom is -0.469 e. The van der Waals surface area contributed by atoms with Crippen molar-refractivity contribution in [2.24, 2.45) is 5.92 Å². The summed E-state index contributed by atoms with van der Waals surface area (Å²) < 4.78 is 10.5. The summed E-state index contributed by atoms with van der Waals surface area (Å²) in [6.07, 6.45) is 2.77. The number of hydrogen-bond acceptors (Lipinski definition) is 6. The van der Waals surface area contributed by atoms with Gasteiger partial charge in [-0.15, -0.1) is 0 Å². The zero-order valence-electron chi connectivity index (χ0n) is 18.1. The van der Waals surface area contributed by atoms with Crippen LogP contribution in [0, 0.1) is 5.92 Å². The van der Waals surface area contributed by atoms with Gasteiger partial charge in [0.1, 0.15) is 5.02 Å². The minimum atomic E-state index is -0.715. The lowest BCUT2D eigenvalue weighted by molar-refractivity contribution is -0.149. The molecule has 32 heavy (non-hydrogen) atoms. The van der Waals surface area contributed by atoms with Gasteiger partial charge in [-0.1, -0.05) is 54.4 Å². The number of hydrogen-bond donors (Lipinski definition) is 2. The number of carbonyl (C=O) groups excluding carboxylic acids is 2. The van der Waals surface area contributed by atoms with E-state index in [-0.39, 0.29) is 28.7 Å². The Hall–Kier alpha value is -2.35. The summed E-state index contributed by atoms with van der Waals surface area (Å²) in [6.45, 7) is 2.93. The van der Waals surface area contributed by atoms with E-state index in [4.69, 9.17) is 32.7 Å². The highest BCUT2D eigenvalue weighted by Crippen LogP contribution is 2.28. The molecule has 172 valence electrons. The molecule has 1 heterocycles. The van der Waals surface area contributed by atoms with Gasteiger partial charge < -0.3 is 20.1 Å². The molecule has 1 amide bonds. The maximum atomic E-state index is 12.6. The normalized spacial score (nSPS) is 18.4. The average molecular weight is 480 g/mol. The van der Waals surface area contributed by atoms with E-state index in [9.17, 15) is 9.59 Å². The lowest BCUT2D eigenvalue weighted by atomic mass is 9.80. The Labute approximate surface area is 197 Å². The highest BCUT2D eigenvalue weighted by molar-refractivity contribution is 6.35. The third-order valence-corrected chi connectivity index (χ3v) is 5.89. The molecule has 0 bridgehead atoms. The van der Waals surface area contributed by atoms with Crippen molar-refractivity contribution >= 4 is 35.1 Å². The Balaban J connectivity index is 1.47. The standard InChI is InChI=1S/C23H27Cl2N3O4/c1-3-20(32-22-19(25)10-17(24)13-28-22)21(29)27-12-15-6-4-5-14(7-15)11-26-18-8-16(9-18)23(30)31-2/h4-7,10,13,16,18,20,26H,3,8-9,11-12H2,1-2H3,(H,27,29). The Morgan fingerprint density at radius 1 is 1.19 bits per heavy atom. The van der Waals surface area contributed by atoms with Crippen LogP contribution in [-0.4, -0.2) is 36.1 Å². The summed E-state index contributed by atoms with van der Waals surface area (Å²) >= 11 is 11.9. The number of carbonyl (C=O) groups is 2. The highest BCUT2D eigenvalue weighted by Gasteiger charge is 2.34. The molecule has 0 saturated heterocycles. The van der Waals surface area contributed by atoms with Crippen molar-refractivity contribution in [2.75, 3.05) is 7.11 Å². The molecule has 1 unspecified atom stereocenters. The number of nitrogens with zero attached hydrogens (tertiary/aromatic N) is 1. The maximum absolute atomic E-state index is 12.6. The van der Waals surface area contributed by atoms with Gasteiger partial charge in [-0.25, -0.2) is 4.98 Å². The summed E-state index contributed by atoms with van der Waals surface area (Å²) in [5.41, 5.74) is 2.09. The van der Waals surface area contributed by atoms with Gasteiger partial charge in [0.2, 0.25) is 5.88 Å². The van der Waals surface area contributed by atoms with Crippen LogP contribution in [0.25, 0.3) is 0 Å². The molecule has 1 atom stereocenters. The van der Waals surface area contributed by atoms with Crippen LogP contribution in [-0.2, 0) is 27.4 Å². The van der Waals surface area contributed by atoms with Crippen molar-refractivity contribution in [1.82, 2.24) is 15.6 Å².